The Morgan fingerprint density at radius 2 is 2.00 bits per heavy atom. The van der Waals surface area contributed by atoms with E-state index in [1.165, 1.54) is 0 Å². The first-order valence-corrected chi connectivity index (χ1v) is 3.64. The van der Waals surface area contributed by atoms with Crippen molar-refractivity contribution in [1.82, 2.24) is 0 Å². The van der Waals surface area contributed by atoms with Gasteiger partial charge in [-0.05, 0) is 0 Å². The van der Waals surface area contributed by atoms with E-state index in [-0.39, 0.29) is 0 Å². The number of hydrogen-bond donors (Lipinski definition) is 0. The van der Waals surface area contributed by atoms with Crippen LogP contribution in [0.15, 0.2) is 45.7 Å². The van der Waals surface area contributed by atoms with Gasteiger partial charge in [0.2, 0.25) is 0 Å². The first-order chi connectivity index (χ1) is 5.97. The summed E-state index contributed by atoms with van der Waals surface area (Å²) in [4.78, 5) is 0. The molecule has 1 aliphatic heterocycles. The summed E-state index contributed by atoms with van der Waals surface area (Å²) < 4.78 is 0. The molecule has 0 radical (unpaired) electrons. The number of azo groups is 1. The molecule has 1 aromatic rings. The quantitative estimate of drug-likeness (QED) is 0.602. The highest BCUT2D eigenvalue weighted by Gasteiger charge is 1.98. The molecule has 0 saturated heterocycles. The van der Waals surface area contributed by atoms with Crippen molar-refractivity contribution < 1.29 is 0 Å². The van der Waals surface area contributed by atoms with Crippen molar-refractivity contribution in [2.75, 3.05) is 6.67 Å². The van der Waals surface area contributed by atoms with Crippen LogP contribution in [0.1, 0.15) is 5.56 Å². The average Bonchev–Trinajstić information content (AvgIpc) is 2.21. The Bertz CT molecular complexity index is 315. The molecule has 0 spiro atoms. The molecular formula is C8H7N4-. The Balaban J connectivity index is 2.31. The first-order valence-electron chi connectivity index (χ1n) is 3.64. The highest BCUT2D eigenvalue weighted by Crippen LogP contribution is 2.08. The predicted molar refractivity (Wildman–Crippen MR) is 46.1 cm³/mol. The van der Waals surface area contributed by atoms with E-state index in [1.807, 2.05) is 30.3 Å². The highest BCUT2D eigenvalue weighted by atomic mass is 15.4. The predicted octanol–water partition coefficient (Wildman–Crippen LogP) is 2.15. The van der Waals surface area contributed by atoms with Gasteiger partial charge >= 0.3 is 0 Å². The van der Waals surface area contributed by atoms with Crippen molar-refractivity contribution in [2.24, 2.45) is 15.3 Å². The smallest absolute Gasteiger partial charge is 0.162 e. The van der Waals surface area contributed by atoms with Crippen LogP contribution in [0.2, 0.25) is 0 Å². The van der Waals surface area contributed by atoms with E-state index in [0.717, 1.165) is 5.56 Å². The Morgan fingerprint density at radius 3 is 2.67 bits per heavy atom. The molecule has 12 heavy (non-hydrogen) atoms. The fraction of sp³-hybridized carbons (Fsp3) is 0.125. The highest BCUT2D eigenvalue weighted by molar-refractivity contribution is 5.99. The van der Waals surface area contributed by atoms with E-state index < -0.39 is 0 Å². The minimum atomic E-state index is 0.344. The van der Waals surface area contributed by atoms with Gasteiger partial charge in [-0.2, -0.15) is 0 Å². The Labute approximate surface area is 70.0 Å². The fourth-order valence-corrected chi connectivity index (χ4v) is 0.948. The van der Waals surface area contributed by atoms with Crippen LogP contribution >= 0.6 is 0 Å². The monoisotopic (exact) mass is 159 g/mol. The first kappa shape index (κ1) is 6.97. The lowest BCUT2D eigenvalue weighted by molar-refractivity contribution is 0.986. The largest absolute Gasteiger partial charge is 0.581 e. The average molecular weight is 159 g/mol. The minimum Gasteiger partial charge on any atom is -0.581 e. The van der Waals surface area contributed by atoms with Crippen molar-refractivity contribution >= 4 is 5.84 Å². The van der Waals surface area contributed by atoms with Crippen molar-refractivity contribution in [3.63, 3.8) is 0 Å². The summed E-state index contributed by atoms with van der Waals surface area (Å²) >= 11 is 0. The van der Waals surface area contributed by atoms with Crippen LogP contribution in [-0.2, 0) is 0 Å². The second kappa shape index (κ2) is 3.13. The van der Waals surface area contributed by atoms with Gasteiger partial charge in [-0.3, -0.25) is 0 Å². The van der Waals surface area contributed by atoms with E-state index in [9.17, 15) is 0 Å². The molecule has 0 N–H and O–H groups in total. The van der Waals surface area contributed by atoms with Crippen LogP contribution in [0.3, 0.4) is 0 Å². The number of benzene rings is 1. The molecule has 0 fully saturated rings. The lowest BCUT2D eigenvalue weighted by atomic mass is 10.2. The second-order valence-electron chi connectivity index (χ2n) is 2.31. The van der Waals surface area contributed by atoms with E-state index in [4.69, 9.17) is 0 Å². The lowest BCUT2D eigenvalue weighted by Crippen LogP contribution is -1.99. The lowest BCUT2D eigenvalue weighted by Gasteiger charge is -2.15. The summed E-state index contributed by atoms with van der Waals surface area (Å²) in [5.41, 5.74) is 4.71. The zero-order valence-electron chi connectivity index (χ0n) is 6.38. The maximum absolute atomic E-state index is 3.88. The third-order valence-electron chi connectivity index (χ3n) is 1.49. The van der Waals surface area contributed by atoms with E-state index >= 15 is 0 Å². The molecule has 0 amide bonds. The summed E-state index contributed by atoms with van der Waals surface area (Å²) in [6.07, 6.45) is 0. The normalized spacial score (nSPS) is 15.2. The van der Waals surface area contributed by atoms with E-state index in [0.29, 0.717) is 12.5 Å². The number of nitrogens with zero attached hydrogens (tertiary/aromatic N) is 4. The van der Waals surface area contributed by atoms with Gasteiger partial charge in [0.25, 0.3) is 0 Å². The van der Waals surface area contributed by atoms with Gasteiger partial charge in [0.15, 0.2) is 5.84 Å². The van der Waals surface area contributed by atoms with Gasteiger partial charge in [0.05, 0.1) is 0 Å². The van der Waals surface area contributed by atoms with Crippen molar-refractivity contribution in [3.8, 4) is 0 Å². The number of rotatable bonds is 1. The van der Waals surface area contributed by atoms with Gasteiger partial charge in [-0.1, -0.05) is 30.3 Å². The summed E-state index contributed by atoms with van der Waals surface area (Å²) in [7, 11) is 0. The molecule has 0 aliphatic carbocycles. The molecule has 0 unspecified atom stereocenters. The van der Waals surface area contributed by atoms with Crippen LogP contribution in [-0.4, -0.2) is 12.5 Å². The Morgan fingerprint density at radius 1 is 1.17 bits per heavy atom. The summed E-state index contributed by atoms with van der Waals surface area (Å²) in [6, 6.07) is 9.67. The SMILES string of the molecule is c1ccc(C2=N[N-]CN=N2)cc1. The van der Waals surface area contributed by atoms with Crippen LogP contribution < -0.4 is 0 Å². The van der Waals surface area contributed by atoms with Crippen LogP contribution in [0.5, 0.6) is 0 Å². The number of hydrogen-bond acceptors (Lipinski definition) is 3. The summed E-state index contributed by atoms with van der Waals surface area (Å²) in [5.74, 6) is 0.585. The fourth-order valence-electron chi connectivity index (χ4n) is 0.948. The molecule has 4 nitrogen and oxygen atoms in total. The van der Waals surface area contributed by atoms with Gasteiger partial charge in [-0.15, -0.1) is 5.11 Å². The minimum absolute atomic E-state index is 0.344. The molecule has 1 heterocycles. The molecule has 1 aromatic carbocycles. The standard InChI is InChI=1S/C8H7N4/c1-2-4-7(5-3-1)8-11-9-6-10-12-8/h1-5H,6H2/q-1. The van der Waals surface area contributed by atoms with Gasteiger partial charge in [0.1, 0.15) is 0 Å². The van der Waals surface area contributed by atoms with E-state index in [2.05, 4.69) is 20.8 Å². The van der Waals surface area contributed by atoms with Gasteiger partial charge in [-0.25, -0.2) is 5.11 Å². The van der Waals surface area contributed by atoms with E-state index in [1.54, 1.807) is 0 Å². The summed E-state index contributed by atoms with van der Waals surface area (Å²) in [6.45, 7) is 0.344. The molecule has 0 aromatic heterocycles. The maximum atomic E-state index is 3.88. The van der Waals surface area contributed by atoms with Crippen LogP contribution in [0.4, 0.5) is 0 Å². The summed E-state index contributed by atoms with van der Waals surface area (Å²) in [5, 5.41) is 11.5. The van der Waals surface area contributed by atoms with Crippen LogP contribution in [0.25, 0.3) is 5.43 Å². The second-order valence-corrected chi connectivity index (χ2v) is 2.31. The van der Waals surface area contributed by atoms with Crippen molar-refractivity contribution in [1.29, 1.82) is 0 Å². The third kappa shape index (κ3) is 1.32. The molecule has 1 aliphatic rings. The van der Waals surface area contributed by atoms with Crippen molar-refractivity contribution in [2.45, 2.75) is 0 Å². The molecular weight excluding hydrogens is 152 g/mol. The zero-order chi connectivity index (χ0) is 8.23. The molecule has 4 heteroatoms. The van der Waals surface area contributed by atoms with Gasteiger partial charge < -0.3 is 10.5 Å². The van der Waals surface area contributed by atoms with Gasteiger partial charge in [0, 0.05) is 12.2 Å². The molecule has 0 atom stereocenters. The van der Waals surface area contributed by atoms with Crippen molar-refractivity contribution in [3.05, 3.63) is 41.3 Å². The number of amidine groups is 1. The maximum Gasteiger partial charge on any atom is 0.162 e. The molecule has 0 bridgehead atoms. The Hall–Kier alpha value is -1.71. The zero-order valence-corrected chi connectivity index (χ0v) is 6.38. The molecule has 2 rings (SSSR count). The molecule has 0 saturated carbocycles. The Kier molecular flexibility index (Phi) is 1.82. The molecule has 60 valence electrons. The third-order valence-corrected chi connectivity index (χ3v) is 1.49. The van der Waals surface area contributed by atoms with Crippen LogP contribution in [0, 0.1) is 0 Å². The topological polar surface area (TPSA) is 51.2 Å².